The number of methoxy groups -OCH3 is 1. The highest BCUT2D eigenvalue weighted by Crippen LogP contribution is 2.26. The Morgan fingerprint density at radius 3 is 2.65 bits per heavy atom. The van der Waals surface area contributed by atoms with E-state index < -0.39 is 0 Å². The number of hydrogen-bond donors (Lipinski definition) is 2. The topological polar surface area (TPSA) is 77.2 Å². The minimum Gasteiger partial charge on any atom is -0.495 e. The van der Waals surface area contributed by atoms with E-state index in [2.05, 4.69) is 17.2 Å². The van der Waals surface area contributed by atoms with Crippen molar-refractivity contribution >= 4 is 53.4 Å². The molecule has 0 aliphatic heterocycles. The highest BCUT2D eigenvalue weighted by atomic mass is 35.5. The molecule has 1 amide bonds. The fourth-order valence-corrected chi connectivity index (χ4v) is 3.05. The maximum atomic E-state index is 12.3. The van der Waals surface area contributed by atoms with Gasteiger partial charge in [0, 0.05) is 5.69 Å². The van der Waals surface area contributed by atoms with E-state index in [-0.39, 0.29) is 30.7 Å². The average Bonchev–Trinajstić information content (AvgIpc) is 2.80. The molecular formula is C15H21Cl2N3O2S. The first-order valence-electron chi connectivity index (χ1n) is 6.76. The summed E-state index contributed by atoms with van der Waals surface area (Å²) >= 11 is 1.44. The lowest BCUT2D eigenvalue weighted by Crippen LogP contribution is -2.11. The van der Waals surface area contributed by atoms with Gasteiger partial charge in [-0.25, -0.2) is 4.98 Å². The summed E-state index contributed by atoms with van der Waals surface area (Å²) in [6.45, 7) is 3.95. The van der Waals surface area contributed by atoms with Crippen molar-refractivity contribution < 1.29 is 9.53 Å². The molecule has 0 unspecified atom stereocenters. The van der Waals surface area contributed by atoms with Gasteiger partial charge in [0.05, 0.1) is 23.5 Å². The Labute approximate surface area is 152 Å². The minimum absolute atomic E-state index is 0. The Morgan fingerprint density at radius 1 is 1.39 bits per heavy atom. The SMILES string of the molecule is CCCc1nc(C)c(C(=O)Nc2ccc(OC)c(N)c2)s1.Cl.Cl. The number of nitrogens with zero attached hydrogens (tertiary/aromatic N) is 1. The number of rotatable bonds is 5. The predicted molar refractivity (Wildman–Crippen MR) is 101 cm³/mol. The van der Waals surface area contributed by atoms with Crippen LogP contribution in [0.5, 0.6) is 5.75 Å². The van der Waals surface area contributed by atoms with E-state index in [1.807, 2.05) is 6.92 Å². The second-order valence-corrected chi connectivity index (χ2v) is 5.77. The number of thiazole rings is 1. The van der Waals surface area contributed by atoms with Gasteiger partial charge in [0.15, 0.2) is 0 Å². The van der Waals surface area contributed by atoms with E-state index in [1.54, 1.807) is 25.3 Å². The summed E-state index contributed by atoms with van der Waals surface area (Å²) in [6, 6.07) is 5.17. The number of anilines is 2. The number of aromatic nitrogens is 1. The van der Waals surface area contributed by atoms with Gasteiger partial charge in [-0.1, -0.05) is 6.92 Å². The molecule has 0 spiro atoms. The zero-order chi connectivity index (χ0) is 15.4. The maximum Gasteiger partial charge on any atom is 0.267 e. The zero-order valence-electron chi connectivity index (χ0n) is 13.2. The number of aryl methyl sites for hydroxylation is 2. The Hall–Kier alpha value is -1.50. The van der Waals surface area contributed by atoms with Crippen LogP contribution >= 0.6 is 36.2 Å². The molecule has 0 fully saturated rings. The van der Waals surface area contributed by atoms with Crippen LogP contribution in [0.1, 0.15) is 33.7 Å². The maximum absolute atomic E-state index is 12.3. The molecule has 1 heterocycles. The summed E-state index contributed by atoms with van der Waals surface area (Å²) < 4.78 is 5.09. The third kappa shape index (κ3) is 5.27. The Bertz CT molecular complexity index is 662. The largest absolute Gasteiger partial charge is 0.495 e. The van der Waals surface area contributed by atoms with Gasteiger partial charge in [-0.3, -0.25) is 4.79 Å². The molecule has 8 heteroatoms. The van der Waals surface area contributed by atoms with Crippen LogP contribution in [-0.2, 0) is 6.42 Å². The second-order valence-electron chi connectivity index (χ2n) is 4.68. The monoisotopic (exact) mass is 377 g/mol. The van der Waals surface area contributed by atoms with Gasteiger partial charge in [-0.15, -0.1) is 36.2 Å². The number of amides is 1. The van der Waals surface area contributed by atoms with E-state index in [1.165, 1.54) is 11.3 Å². The molecule has 0 aliphatic carbocycles. The summed E-state index contributed by atoms with van der Waals surface area (Å²) in [5.74, 6) is 0.434. The van der Waals surface area contributed by atoms with E-state index in [0.717, 1.165) is 23.5 Å². The molecule has 128 valence electrons. The Balaban J connectivity index is 0.00000242. The van der Waals surface area contributed by atoms with Crippen LogP contribution in [0.15, 0.2) is 18.2 Å². The lowest BCUT2D eigenvalue weighted by Gasteiger charge is -2.08. The summed E-state index contributed by atoms with van der Waals surface area (Å²) in [7, 11) is 1.56. The number of benzene rings is 1. The van der Waals surface area contributed by atoms with Gasteiger partial charge in [-0.2, -0.15) is 0 Å². The van der Waals surface area contributed by atoms with Crippen LogP contribution in [0.25, 0.3) is 0 Å². The number of carbonyl (C=O) groups is 1. The molecule has 2 rings (SSSR count). The molecule has 0 saturated carbocycles. The van der Waals surface area contributed by atoms with Crippen LogP contribution < -0.4 is 15.8 Å². The van der Waals surface area contributed by atoms with Gasteiger partial charge in [0.2, 0.25) is 0 Å². The van der Waals surface area contributed by atoms with E-state index >= 15 is 0 Å². The summed E-state index contributed by atoms with van der Waals surface area (Å²) in [5.41, 5.74) is 7.73. The average molecular weight is 378 g/mol. The predicted octanol–water partition coefficient (Wildman–Crippen LogP) is 4.09. The summed E-state index contributed by atoms with van der Waals surface area (Å²) in [5, 5.41) is 3.84. The number of nitrogen functional groups attached to an aromatic ring is 1. The number of carbonyl (C=O) groups excluding carboxylic acids is 1. The first kappa shape index (κ1) is 21.5. The lowest BCUT2D eigenvalue weighted by atomic mass is 10.2. The highest BCUT2D eigenvalue weighted by molar-refractivity contribution is 7.13. The molecule has 3 N–H and O–H groups in total. The third-order valence-electron chi connectivity index (χ3n) is 3.00. The van der Waals surface area contributed by atoms with E-state index in [9.17, 15) is 4.79 Å². The van der Waals surface area contributed by atoms with Crippen molar-refractivity contribution in [1.29, 1.82) is 0 Å². The van der Waals surface area contributed by atoms with Crippen molar-refractivity contribution in [3.63, 3.8) is 0 Å². The number of hydrogen-bond acceptors (Lipinski definition) is 5. The van der Waals surface area contributed by atoms with E-state index in [0.29, 0.717) is 22.0 Å². The molecule has 0 atom stereocenters. The number of ether oxygens (including phenoxy) is 1. The van der Waals surface area contributed by atoms with Gasteiger partial charge >= 0.3 is 0 Å². The van der Waals surface area contributed by atoms with Crippen molar-refractivity contribution in [1.82, 2.24) is 4.98 Å². The van der Waals surface area contributed by atoms with Crippen LogP contribution in [0.4, 0.5) is 11.4 Å². The smallest absolute Gasteiger partial charge is 0.267 e. The van der Waals surface area contributed by atoms with Crippen LogP contribution in [0, 0.1) is 6.92 Å². The molecule has 0 bridgehead atoms. The van der Waals surface area contributed by atoms with Gasteiger partial charge in [0.25, 0.3) is 5.91 Å². The number of nitrogens with one attached hydrogen (secondary N) is 1. The Morgan fingerprint density at radius 2 is 2.09 bits per heavy atom. The first-order valence-corrected chi connectivity index (χ1v) is 7.58. The molecule has 0 saturated heterocycles. The first-order chi connectivity index (χ1) is 10.0. The number of halogens is 2. The molecule has 1 aromatic carbocycles. The third-order valence-corrected chi connectivity index (χ3v) is 4.21. The molecule has 5 nitrogen and oxygen atoms in total. The highest BCUT2D eigenvalue weighted by Gasteiger charge is 2.15. The quantitative estimate of drug-likeness (QED) is 0.769. The van der Waals surface area contributed by atoms with Crippen molar-refractivity contribution in [2.24, 2.45) is 0 Å². The number of nitrogens with two attached hydrogens (primary N) is 1. The molecule has 0 radical (unpaired) electrons. The van der Waals surface area contributed by atoms with Crippen molar-refractivity contribution in [3.05, 3.63) is 33.8 Å². The lowest BCUT2D eigenvalue weighted by molar-refractivity contribution is 0.103. The fraction of sp³-hybridized carbons (Fsp3) is 0.333. The van der Waals surface area contributed by atoms with Gasteiger partial charge < -0.3 is 15.8 Å². The van der Waals surface area contributed by atoms with Crippen molar-refractivity contribution in [3.8, 4) is 5.75 Å². The minimum atomic E-state index is -0.156. The molecule has 0 aliphatic rings. The van der Waals surface area contributed by atoms with E-state index in [4.69, 9.17) is 10.5 Å². The van der Waals surface area contributed by atoms with Gasteiger partial charge in [0.1, 0.15) is 10.6 Å². The Kier molecular flexibility index (Phi) is 8.97. The standard InChI is InChI=1S/C15H19N3O2S.2ClH/c1-4-5-13-17-9(2)14(21-13)15(19)18-10-6-7-12(20-3)11(16)8-10;;/h6-8H,4-5,16H2,1-3H3,(H,18,19);2*1H. The van der Waals surface area contributed by atoms with Crippen LogP contribution in [0.3, 0.4) is 0 Å². The van der Waals surface area contributed by atoms with Crippen molar-refractivity contribution in [2.75, 3.05) is 18.2 Å². The fourth-order valence-electron chi connectivity index (χ4n) is 1.98. The normalized spacial score (nSPS) is 9.52. The van der Waals surface area contributed by atoms with Crippen LogP contribution in [0.2, 0.25) is 0 Å². The zero-order valence-corrected chi connectivity index (χ0v) is 15.7. The summed E-state index contributed by atoms with van der Waals surface area (Å²) in [6.07, 6.45) is 1.91. The second kappa shape index (κ2) is 9.60. The van der Waals surface area contributed by atoms with Gasteiger partial charge in [-0.05, 0) is 38.0 Å². The molecule has 2 aromatic rings. The summed E-state index contributed by atoms with van der Waals surface area (Å²) in [4.78, 5) is 17.4. The van der Waals surface area contributed by atoms with Crippen molar-refractivity contribution in [2.45, 2.75) is 26.7 Å². The molecular weight excluding hydrogens is 357 g/mol. The van der Waals surface area contributed by atoms with Crippen LogP contribution in [-0.4, -0.2) is 18.0 Å². The molecule has 1 aromatic heterocycles. The molecule has 23 heavy (non-hydrogen) atoms.